The third kappa shape index (κ3) is 2.79. The predicted molar refractivity (Wildman–Crippen MR) is 51.1 cm³/mol. The molecule has 0 aromatic rings. The van der Waals surface area contributed by atoms with E-state index < -0.39 is 11.9 Å². The van der Waals surface area contributed by atoms with Crippen molar-refractivity contribution in [3.63, 3.8) is 0 Å². The van der Waals surface area contributed by atoms with Gasteiger partial charge in [-0.15, -0.1) is 0 Å². The highest BCUT2D eigenvalue weighted by Crippen LogP contribution is 2.17. The lowest BCUT2D eigenvalue weighted by Crippen LogP contribution is -2.15. The van der Waals surface area contributed by atoms with E-state index in [2.05, 4.69) is 0 Å². The van der Waals surface area contributed by atoms with Crippen molar-refractivity contribution in [2.24, 2.45) is 0 Å². The molecule has 84 valence electrons. The largest absolute Gasteiger partial charge is 0.463 e. The summed E-state index contributed by atoms with van der Waals surface area (Å²) in [5.74, 6) is -1.00. The predicted octanol–water partition coefficient (Wildman–Crippen LogP) is 0.439. The Kier molecular flexibility index (Phi) is 4.30. The van der Waals surface area contributed by atoms with E-state index in [0.717, 1.165) is 0 Å². The first kappa shape index (κ1) is 11.7. The molecule has 0 aromatic carbocycles. The Morgan fingerprint density at radius 1 is 1.07 bits per heavy atom. The van der Waals surface area contributed by atoms with E-state index in [1.807, 2.05) is 0 Å². The normalized spacial score (nSPS) is 15.3. The highest BCUT2D eigenvalue weighted by Gasteiger charge is 2.28. The summed E-state index contributed by atoms with van der Waals surface area (Å²) >= 11 is 0. The molecule has 0 amide bonds. The summed E-state index contributed by atoms with van der Waals surface area (Å²) in [6.07, 6.45) is 0. The van der Waals surface area contributed by atoms with E-state index in [1.54, 1.807) is 13.8 Å². The minimum absolute atomic E-state index is 0.118. The minimum atomic E-state index is -0.502. The van der Waals surface area contributed by atoms with E-state index in [0.29, 0.717) is 0 Å². The molecular weight excluding hydrogens is 200 g/mol. The highest BCUT2D eigenvalue weighted by atomic mass is 16.5. The quantitative estimate of drug-likeness (QED) is 0.635. The lowest BCUT2D eigenvalue weighted by molar-refractivity contribution is -0.141. The molecule has 0 aliphatic carbocycles. The fourth-order valence-corrected chi connectivity index (χ4v) is 1.23. The molecule has 5 nitrogen and oxygen atoms in total. The summed E-state index contributed by atoms with van der Waals surface area (Å²) in [5.41, 5.74) is 0.547. The molecule has 15 heavy (non-hydrogen) atoms. The standard InChI is InChI=1S/C10H14O5/c1-3-14-9(11)7-5-13-6-8(7)10(12)15-4-2/h3-6H2,1-2H3. The Labute approximate surface area is 88.0 Å². The molecule has 1 aliphatic heterocycles. The van der Waals surface area contributed by atoms with Crippen LogP contribution in [0.1, 0.15) is 13.8 Å². The Morgan fingerprint density at radius 3 is 1.80 bits per heavy atom. The third-order valence-corrected chi connectivity index (χ3v) is 1.90. The first-order chi connectivity index (χ1) is 7.20. The van der Waals surface area contributed by atoms with Crippen LogP contribution in [0.4, 0.5) is 0 Å². The van der Waals surface area contributed by atoms with Gasteiger partial charge >= 0.3 is 11.9 Å². The van der Waals surface area contributed by atoms with Gasteiger partial charge in [-0.1, -0.05) is 0 Å². The fraction of sp³-hybridized carbons (Fsp3) is 0.600. The maximum Gasteiger partial charge on any atom is 0.337 e. The van der Waals surface area contributed by atoms with Crippen molar-refractivity contribution < 1.29 is 23.8 Å². The maximum absolute atomic E-state index is 11.4. The molecule has 0 fully saturated rings. The average molecular weight is 214 g/mol. The number of hydrogen-bond acceptors (Lipinski definition) is 5. The molecule has 0 aromatic heterocycles. The van der Waals surface area contributed by atoms with E-state index in [-0.39, 0.29) is 37.6 Å². The SMILES string of the molecule is CCOC(=O)C1=C(C(=O)OCC)COC1. The molecule has 5 heteroatoms. The Balaban J connectivity index is 2.77. The first-order valence-corrected chi connectivity index (χ1v) is 4.84. The van der Waals surface area contributed by atoms with Crippen LogP contribution < -0.4 is 0 Å². The van der Waals surface area contributed by atoms with Gasteiger partial charge in [0, 0.05) is 0 Å². The first-order valence-electron chi connectivity index (χ1n) is 4.84. The topological polar surface area (TPSA) is 61.8 Å². The smallest absolute Gasteiger partial charge is 0.337 e. The van der Waals surface area contributed by atoms with Gasteiger partial charge < -0.3 is 14.2 Å². The molecule has 0 saturated heterocycles. The second kappa shape index (κ2) is 5.50. The molecule has 0 spiro atoms. The number of carbonyl (C=O) groups is 2. The molecule has 0 unspecified atom stereocenters. The van der Waals surface area contributed by atoms with E-state index in [4.69, 9.17) is 14.2 Å². The van der Waals surface area contributed by atoms with Crippen LogP contribution in [0.5, 0.6) is 0 Å². The van der Waals surface area contributed by atoms with Crippen molar-refractivity contribution in [1.29, 1.82) is 0 Å². The van der Waals surface area contributed by atoms with Crippen molar-refractivity contribution >= 4 is 11.9 Å². The molecular formula is C10H14O5. The van der Waals surface area contributed by atoms with Gasteiger partial charge in [-0.25, -0.2) is 9.59 Å². The second-order valence-corrected chi connectivity index (χ2v) is 2.89. The summed E-state index contributed by atoms with van der Waals surface area (Å²) in [7, 11) is 0. The lowest BCUT2D eigenvalue weighted by Gasteiger charge is -2.04. The molecule has 0 atom stereocenters. The molecule has 0 saturated carbocycles. The van der Waals surface area contributed by atoms with Gasteiger partial charge in [-0.2, -0.15) is 0 Å². The third-order valence-electron chi connectivity index (χ3n) is 1.90. The van der Waals surface area contributed by atoms with Crippen molar-refractivity contribution in [1.82, 2.24) is 0 Å². The number of rotatable bonds is 4. The highest BCUT2D eigenvalue weighted by molar-refractivity contribution is 6.01. The van der Waals surface area contributed by atoms with E-state index in [9.17, 15) is 9.59 Å². The van der Waals surface area contributed by atoms with Crippen LogP contribution >= 0.6 is 0 Å². The molecule has 1 aliphatic rings. The summed E-state index contributed by atoms with van der Waals surface area (Å²) < 4.78 is 14.6. The van der Waals surface area contributed by atoms with Gasteiger partial charge in [0.1, 0.15) is 0 Å². The molecule has 1 heterocycles. The van der Waals surface area contributed by atoms with Gasteiger partial charge in [0.05, 0.1) is 37.6 Å². The van der Waals surface area contributed by atoms with Gasteiger partial charge in [0.2, 0.25) is 0 Å². The number of ether oxygens (including phenoxy) is 3. The van der Waals surface area contributed by atoms with Crippen molar-refractivity contribution in [2.75, 3.05) is 26.4 Å². The second-order valence-electron chi connectivity index (χ2n) is 2.89. The van der Waals surface area contributed by atoms with Crippen LogP contribution in [0.25, 0.3) is 0 Å². The Hall–Kier alpha value is -1.36. The van der Waals surface area contributed by atoms with Crippen molar-refractivity contribution in [2.45, 2.75) is 13.8 Å². The number of hydrogen-bond donors (Lipinski definition) is 0. The average Bonchev–Trinajstić information content (AvgIpc) is 2.66. The fourth-order valence-electron chi connectivity index (χ4n) is 1.23. The van der Waals surface area contributed by atoms with Gasteiger partial charge in [0.25, 0.3) is 0 Å². The zero-order valence-corrected chi connectivity index (χ0v) is 8.87. The summed E-state index contributed by atoms with van der Waals surface area (Å²) in [5, 5.41) is 0. The monoisotopic (exact) mass is 214 g/mol. The van der Waals surface area contributed by atoms with Crippen LogP contribution in [-0.4, -0.2) is 38.4 Å². The van der Waals surface area contributed by atoms with Crippen LogP contribution in [-0.2, 0) is 23.8 Å². The van der Waals surface area contributed by atoms with Crippen molar-refractivity contribution in [3.8, 4) is 0 Å². The Bertz CT molecular complexity index is 264. The minimum Gasteiger partial charge on any atom is -0.463 e. The molecule has 0 radical (unpaired) electrons. The van der Waals surface area contributed by atoms with E-state index >= 15 is 0 Å². The van der Waals surface area contributed by atoms with Gasteiger partial charge in [0.15, 0.2) is 0 Å². The number of esters is 2. The van der Waals surface area contributed by atoms with Gasteiger partial charge in [-0.05, 0) is 13.8 Å². The number of carbonyl (C=O) groups excluding carboxylic acids is 2. The maximum atomic E-state index is 11.4. The summed E-state index contributed by atoms with van der Waals surface area (Å²) in [6, 6.07) is 0. The molecule has 1 rings (SSSR count). The van der Waals surface area contributed by atoms with Crippen LogP contribution in [0.3, 0.4) is 0 Å². The zero-order chi connectivity index (χ0) is 11.3. The van der Waals surface area contributed by atoms with Crippen LogP contribution in [0.15, 0.2) is 11.1 Å². The Morgan fingerprint density at radius 2 is 1.47 bits per heavy atom. The van der Waals surface area contributed by atoms with E-state index in [1.165, 1.54) is 0 Å². The van der Waals surface area contributed by atoms with Crippen molar-refractivity contribution in [3.05, 3.63) is 11.1 Å². The van der Waals surface area contributed by atoms with Crippen LogP contribution in [0, 0.1) is 0 Å². The zero-order valence-electron chi connectivity index (χ0n) is 8.87. The van der Waals surface area contributed by atoms with Gasteiger partial charge in [-0.3, -0.25) is 0 Å². The summed E-state index contributed by atoms with van der Waals surface area (Å²) in [6.45, 7) is 4.20. The summed E-state index contributed by atoms with van der Waals surface area (Å²) in [4.78, 5) is 22.8. The molecule has 0 bridgehead atoms. The molecule has 0 N–H and O–H groups in total. The lowest BCUT2D eigenvalue weighted by atomic mass is 10.1. The van der Waals surface area contributed by atoms with Crippen LogP contribution in [0.2, 0.25) is 0 Å².